The minimum absolute atomic E-state index is 0.222. The Labute approximate surface area is 152 Å². The van der Waals surface area contributed by atoms with Gasteiger partial charge in [0.15, 0.2) is 0 Å². The normalized spacial score (nSPS) is 21.2. The average Bonchev–Trinajstić information content (AvgIpc) is 3.10. The molecule has 0 aromatic heterocycles. The Morgan fingerprint density at radius 2 is 1.96 bits per heavy atom. The lowest BCUT2D eigenvalue weighted by molar-refractivity contribution is -0.143. The van der Waals surface area contributed by atoms with E-state index < -0.39 is 11.9 Å². The summed E-state index contributed by atoms with van der Waals surface area (Å²) in [7, 11) is 0. The molecule has 1 aromatic rings. The van der Waals surface area contributed by atoms with Crippen LogP contribution in [0.25, 0.3) is 0 Å². The molecule has 0 radical (unpaired) electrons. The highest BCUT2D eigenvalue weighted by atomic mass is 35.5. The zero-order chi connectivity index (χ0) is 17.8. The van der Waals surface area contributed by atoms with Gasteiger partial charge >= 0.3 is 12.0 Å². The summed E-state index contributed by atoms with van der Waals surface area (Å²) in [4.78, 5) is 25.0. The van der Waals surface area contributed by atoms with E-state index in [0.717, 1.165) is 12.8 Å². The molecule has 0 bridgehead atoms. The van der Waals surface area contributed by atoms with Crippen LogP contribution < -0.4 is 10.1 Å². The smallest absolute Gasteiger partial charge is 0.321 e. The Balaban J connectivity index is 1.59. The van der Waals surface area contributed by atoms with Crippen LogP contribution in [0.15, 0.2) is 18.2 Å². The first kappa shape index (κ1) is 17.9. The molecule has 1 saturated heterocycles. The van der Waals surface area contributed by atoms with E-state index in [0.29, 0.717) is 35.8 Å². The van der Waals surface area contributed by atoms with E-state index in [9.17, 15) is 9.59 Å². The van der Waals surface area contributed by atoms with Crippen molar-refractivity contribution in [2.24, 2.45) is 5.92 Å². The number of nitrogens with one attached hydrogen (secondary N) is 1. The van der Waals surface area contributed by atoms with Crippen molar-refractivity contribution in [3.05, 3.63) is 23.2 Å². The van der Waals surface area contributed by atoms with E-state index in [1.165, 1.54) is 12.8 Å². The van der Waals surface area contributed by atoms with Gasteiger partial charge in [-0.3, -0.25) is 4.79 Å². The number of benzene rings is 1. The third kappa shape index (κ3) is 4.57. The van der Waals surface area contributed by atoms with Gasteiger partial charge in [-0.15, -0.1) is 0 Å². The Kier molecular flexibility index (Phi) is 5.68. The molecule has 2 amide bonds. The maximum absolute atomic E-state index is 12.4. The number of ether oxygens (including phenoxy) is 1. The first-order chi connectivity index (χ1) is 12.0. The van der Waals surface area contributed by atoms with Gasteiger partial charge in [-0.25, -0.2) is 4.79 Å². The molecule has 3 rings (SSSR count). The number of likely N-dealkylation sites (tertiary alicyclic amines) is 1. The molecule has 2 fully saturated rings. The lowest BCUT2D eigenvalue weighted by atomic mass is 9.99. The summed E-state index contributed by atoms with van der Waals surface area (Å²) in [5, 5.41) is 12.4. The van der Waals surface area contributed by atoms with E-state index in [-0.39, 0.29) is 18.7 Å². The van der Waals surface area contributed by atoms with Gasteiger partial charge in [0.1, 0.15) is 5.75 Å². The molecule has 7 heteroatoms. The van der Waals surface area contributed by atoms with Crippen LogP contribution in [0.5, 0.6) is 5.75 Å². The van der Waals surface area contributed by atoms with Gasteiger partial charge in [0.25, 0.3) is 0 Å². The van der Waals surface area contributed by atoms with Crippen LogP contribution in [0.4, 0.5) is 10.5 Å². The number of halogens is 1. The second-order valence-electron chi connectivity index (χ2n) is 6.72. The zero-order valence-electron chi connectivity index (χ0n) is 14.0. The first-order valence-corrected chi connectivity index (χ1v) is 9.15. The van der Waals surface area contributed by atoms with Crippen LogP contribution in [0.2, 0.25) is 5.02 Å². The Morgan fingerprint density at radius 3 is 2.64 bits per heavy atom. The second-order valence-corrected chi connectivity index (χ2v) is 7.13. The molecular weight excluding hydrogens is 344 g/mol. The van der Waals surface area contributed by atoms with Crippen LogP contribution in [0.3, 0.4) is 0 Å². The van der Waals surface area contributed by atoms with Crippen LogP contribution in [-0.4, -0.2) is 41.2 Å². The van der Waals surface area contributed by atoms with Crippen molar-refractivity contribution in [3.8, 4) is 5.75 Å². The van der Waals surface area contributed by atoms with Gasteiger partial charge < -0.3 is 20.1 Å². The molecule has 136 valence electrons. The number of carbonyl (C=O) groups excluding carboxylic acids is 1. The number of carbonyl (C=O) groups is 2. The topological polar surface area (TPSA) is 78.9 Å². The molecular formula is C18H23ClN2O4. The number of piperidine rings is 1. The number of carboxylic acid groups (broad SMARTS) is 1. The van der Waals surface area contributed by atoms with Crippen molar-refractivity contribution in [1.29, 1.82) is 0 Å². The third-order valence-electron chi connectivity index (χ3n) is 4.84. The van der Waals surface area contributed by atoms with Gasteiger partial charge in [-0.2, -0.15) is 0 Å². The second kappa shape index (κ2) is 7.95. The van der Waals surface area contributed by atoms with E-state index >= 15 is 0 Å². The Hall–Kier alpha value is -1.95. The van der Waals surface area contributed by atoms with Gasteiger partial charge in [-0.1, -0.05) is 11.6 Å². The molecule has 2 aliphatic rings. The number of urea groups is 1. The molecule has 1 atom stereocenters. The van der Waals surface area contributed by atoms with Crippen LogP contribution in [0.1, 0.15) is 38.5 Å². The average molecular weight is 367 g/mol. The summed E-state index contributed by atoms with van der Waals surface area (Å²) < 4.78 is 5.90. The maximum atomic E-state index is 12.4. The summed E-state index contributed by atoms with van der Waals surface area (Å²) in [5.41, 5.74) is 0.575. The number of carboxylic acids is 1. The molecule has 1 heterocycles. The van der Waals surface area contributed by atoms with Crippen molar-refractivity contribution >= 4 is 29.3 Å². The highest BCUT2D eigenvalue weighted by molar-refractivity contribution is 6.32. The monoisotopic (exact) mass is 366 g/mol. The van der Waals surface area contributed by atoms with E-state index in [4.69, 9.17) is 21.4 Å². The van der Waals surface area contributed by atoms with Gasteiger partial charge in [-0.05, 0) is 56.7 Å². The molecule has 6 nitrogen and oxygen atoms in total. The molecule has 1 unspecified atom stereocenters. The zero-order valence-corrected chi connectivity index (χ0v) is 14.8. The minimum Gasteiger partial charge on any atom is -0.489 e. The van der Waals surface area contributed by atoms with Gasteiger partial charge in [0, 0.05) is 18.8 Å². The summed E-state index contributed by atoms with van der Waals surface area (Å²) in [5.74, 6) is -0.713. The Morgan fingerprint density at radius 1 is 1.20 bits per heavy atom. The number of rotatable bonds is 4. The Bertz CT molecular complexity index is 646. The standard InChI is InChI=1S/C18H23ClN2O4/c19-15-10-13(7-8-16(15)25-14-5-1-2-6-14)20-18(24)21-9-3-4-12(11-21)17(22)23/h7-8,10,12,14H,1-6,9,11H2,(H,20,24)(H,22,23). The lowest BCUT2D eigenvalue weighted by Crippen LogP contribution is -2.44. The highest BCUT2D eigenvalue weighted by Crippen LogP contribution is 2.32. The van der Waals surface area contributed by atoms with Gasteiger partial charge in [0.05, 0.1) is 17.0 Å². The number of hydrogen-bond acceptors (Lipinski definition) is 3. The molecule has 1 saturated carbocycles. The van der Waals surface area contributed by atoms with Crippen LogP contribution >= 0.6 is 11.6 Å². The van der Waals surface area contributed by atoms with Crippen molar-refractivity contribution < 1.29 is 19.4 Å². The molecule has 1 aromatic carbocycles. The summed E-state index contributed by atoms with van der Waals surface area (Å²) in [6.45, 7) is 0.796. The van der Waals surface area contributed by atoms with E-state index in [1.54, 1.807) is 23.1 Å². The van der Waals surface area contributed by atoms with Crippen molar-refractivity contribution in [1.82, 2.24) is 4.90 Å². The SMILES string of the molecule is O=C(O)C1CCCN(C(=O)Nc2ccc(OC3CCCC3)c(Cl)c2)C1. The van der Waals surface area contributed by atoms with Crippen LogP contribution in [-0.2, 0) is 4.79 Å². The number of nitrogens with zero attached hydrogens (tertiary/aromatic N) is 1. The van der Waals surface area contributed by atoms with Crippen LogP contribution in [0, 0.1) is 5.92 Å². The summed E-state index contributed by atoms with van der Waals surface area (Å²) >= 11 is 6.27. The molecule has 2 N–H and O–H groups in total. The molecule has 1 aliphatic carbocycles. The summed E-state index contributed by atoms with van der Waals surface area (Å²) in [6, 6.07) is 4.90. The highest BCUT2D eigenvalue weighted by Gasteiger charge is 2.28. The van der Waals surface area contributed by atoms with Crippen molar-refractivity contribution in [3.63, 3.8) is 0 Å². The fraction of sp³-hybridized carbons (Fsp3) is 0.556. The number of hydrogen-bond donors (Lipinski definition) is 2. The summed E-state index contributed by atoms with van der Waals surface area (Å²) in [6.07, 6.45) is 5.99. The molecule has 0 spiro atoms. The molecule has 25 heavy (non-hydrogen) atoms. The fourth-order valence-electron chi connectivity index (χ4n) is 3.43. The number of amides is 2. The maximum Gasteiger partial charge on any atom is 0.321 e. The quantitative estimate of drug-likeness (QED) is 0.844. The predicted molar refractivity (Wildman–Crippen MR) is 95.3 cm³/mol. The number of aliphatic carboxylic acids is 1. The van der Waals surface area contributed by atoms with Crippen molar-refractivity contribution in [2.45, 2.75) is 44.6 Å². The lowest BCUT2D eigenvalue weighted by Gasteiger charge is -2.30. The number of anilines is 1. The first-order valence-electron chi connectivity index (χ1n) is 8.78. The predicted octanol–water partition coefficient (Wildman–Crippen LogP) is 3.99. The van der Waals surface area contributed by atoms with E-state index in [2.05, 4.69) is 5.32 Å². The van der Waals surface area contributed by atoms with Crippen molar-refractivity contribution in [2.75, 3.05) is 18.4 Å². The molecule has 1 aliphatic heterocycles. The van der Waals surface area contributed by atoms with Gasteiger partial charge in [0.2, 0.25) is 0 Å². The largest absolute Gasteiger partial charge is 0.489 e. The fourth-order valence-corrected chi connectivity index (χ4v) is 3.65. The van der Waals surface area contributed by atoms with E-state index in [1.807, 2.05) is 0 Å². The minimum atomic E-state index is -0.853. The third-order valence-corrected chi connectivity index (χ3v) is 5.13.